The second-order valence-corrected chi connectivity index (χ2v) is 4.92. The van der Waals surface area contributed by atoms with E-state index >= 15 is 0 Å². The smallest absolute Gasteiger partial charge is 0.119 e. The van der Waals surface area contributed by atoms with Gasteiger partial charge in [0.15, 0.2) is 0 Å². The first-order valence-corrected chi connectivity index (χ1v) is 6.63. The third kappa shape index (κ3) is 3.85. The Kier molecular flexibility index (Phi) is 4.78. The van der Waals surface area contributed by atoms with E-state index in [1.807, 2.05) is 37.4 Å². The summed E-state index contributed by atoms with van der Waals surface area (Å²) in [4.78, 5) is 0. The molecule has 0 spiro atoms. The van der Waals surface area contributed by atoms with Crippen molar-refractivity contribution < 1.29 is 4.74 Å². The number of hydrogen-bond acceptors (Lipinski definition) is 3. The van der Waals surface area contributed by atoms with Gasteiger partial charge in [0.25, 0.3) is 0 Å². The third-order valence-corrected chi connectivity index (χ3v) is 3.14. The van der Waals surface area contributed by atoms with Crippen molar-refractivity contribution in [2.45, 2.75) is 13.5 Å². The Morgan fingerprint density at radius 3 is 2.78 bits per heavy atom. The van der Waals surface area contributed by atoms with Crippen LogP contribution in [0.3, 0.4) is 0 Å². The molecular weight excluding hydrogens is 294 g/mol. The number of hydrogen-bond donors (Lipinski definition) is 2. The van der Waals surface area contributed by atoms with Crippen molar-refractivity contribution in [2.24, 2.45) is 0 Å². The van der Waals surface area contributed by atoms with E-state index in [-0.39, 0.29) is 0 Å². The molecule has 2 aromatic rings. The molecule has 1 aromatic heterocycles. The van der Waals surface area contributed by atoms with Crippen LogP contribution < -0.4 is 10.1 Å². The highest BCUT2D eigenvalue weighted by atomic mass is 79.9. The number of H-pyrrole nitrogens is 1. The van der Waals surface area contributed by atoms with Gasteiger partial charge in [0.1, 0.15) is 12.4 Å². The maximum atomic E-state index is 5.60. The van der Waals surface area contributed by atoms with Crippen molar-refractivity contribution in [2.75, 3.05) is 13.2 Å². The second-order valence-electron chi connectivity index (χ2n) is 4.00. The van der Waals surface area contributed by atoms with Crippen molar-refractivity contribution >= 4 is 15.9 Å². The third-order valence-electron chi connectivity index (χ3n) is 2.61. The number of aryl methyl sites for hydroxylation is 1. The molecule has 0 aliphatic heterocycles. The quantitative estimate of drug-likeness (QED) is 0.807. The number of rotatable bonds is 6. The van der Waals surface area contributed by atoms with Crippen LogP contribution in [0.2, 0.25) is 0 Å². The Balaban J connectivity index is 1.64. The van der Waals surface area contributed by atoms with E-state index in [0.29, 0.717) is 6.61 Å². The molecule has 0 aliphatic rings. The molecule has 0 atom stereocenters. The molecule has 5 heteroatoms. The number of benzene rings is 1. The molecule has 1 aromatic carbocycles. The van der Waals surface area contributed by atoms with Gasteiger partial charge in [0, 0.05) is 28.8 Å². The summed E-state index contributed by atoms with van der Waals surface area (Å²) in [6, 6.07) is 7.84. The van der Waals surface area contributed by atoms with E-state index in [0.717, 1.165) is 29.0 Å². The van der Waals surface area contributed by atoms with Crippen LogP contribution in [0.25, 0.3) is 0 Å². The van der Waals surface area contributed by atoms with Gasteiger partial charge in [-0.2, -0.15) is 5.10 Å². The molecule has 1 heterocycles. The van der Waals surface area contributed by atoms with Crippen LogP contribution in [0.4, 0.5) is 0 Å². The summed E-state index contributed by atoms with van der Waals surface area (Å²) >= 11 is 3.39. The van der Waals surface area contributed by atoms with Crippen LogP contribution in [0, 0.1) is 6.92 Å². The topological polar surface area (TPSA) is 49.9 Å². The Morgan fingerprint density at radius 2 is 2.11 bits per heavy atom. The van der Waals surface area contributed by atoms with Crippen LogP contribution in [0.5, 0.6) is 5.75 Å². The number of aromatic amines is 1. The molecule has 2 N–H and O–H groups in total. The Bertz CT molecular complexity index is 481. The van der Waals surface area contributed by atoms with E-state index in [1.165, 1.54) is 5.56 Å². The summed E-state index contributed by atoms with van der Waals surface area (Å²) in [5, 5.41) is 10.2. The summed E-state index contributed by atoms with van der Waals surface area (Å²) in [5.41, 5.74) is 2.30. The van der Waals surface area contributed by atoms with E-state index in [4.69, 9.17) is 4.74 Å². The average molecular weight is 310 g/mol. The molecule has 0 aliphatic carbocycles. The molecule has 0 saturated heterocycles. The van der Waals surface area contributed by atoms with E-state index in [2.05, 4.69) is 31.4 Å². The normalized spacial score (nSPS) is 10.6. The van der Waals surface area contributed by atoms with Crippen LogP contribution in [0.15, 0.2) is 34.9 Å². The average Bonchev–Trinajstić information content (AvgIpc) is 2.77. The van der Waals surface area contributed by atoms with E-state index < -0.39 is 0 Å². The molecule has 0 unspecified atom stereocenters. The highest BCUT2D eigenvalue weighted by Crippen LogP contribution is 2.15. The first-order chi connectivity index (χ1) is 8.75. The van der Waals surface area contributed by atoms with Crippen molar-refractivity contribution in [3.8, 4) is 5.75 Å². The lowest BCUT2D eigenvalue weighted by Gasteiger charge is -2.07. The largest absolute Gasteiger partial charge is 0.492 e. The maximum absolute atomic E-state index is 5.60. The summed E-state index contributed by atoms with van der Waals surface area (Å²) in [6.45, 7) is 4.29. The zero-order chi connectivity index (χ0) is 12.8. The molecule has 0 radical (unpaired) electrons. The highest BCUT2D eigenvalue weighted by molar-refractivity contribution is 9.10. The Labute approximate surface area is 115 Å². The van der Waals surface area contributed by atoms with Gasteiger partial charge in [-0.25, -0.2) is 0 Å². The molecular formula is C13H16BrN3O. The summed E-state index contributed by atoms with van der Waals surface area (Å²) in [7, 11) is 0. The van der Waals surface area contributed by atoms with Crippen LogP contribution in [0.1, 0.15) is 11.3 Å². The van der Waals surface area contributed by atoms with Crippen molar-refractivity contribution in [3.05, 3.63) is 46.2 Å². The highest BCUT2D eigenvalue weighted by Gasteiger charge is 1.99. The van der Waals surface area contributed by atoms with Crippen LogP contribution in [-0.4, -0.2) is 23.3 Å². The first-order valence-electron chi connectivity index (χ1n) is 5.83. The molecule has 18 heavy (non-hydrogen) atoms. The van der Waals surface area contributed by atoms with Crippen LogP contribution in [-0.2, 0) is 6.54 Å². The van der Waals surface area contributed by atoms with Gasteiger partial charge >= 0.3 is 0 Å². The standard InChI is InChI=1S/C13H16BrN3O/c1-10-11(9-16-17-10)8-15-6-7-18-13-4-2-12(14)3-5-13/h2-5,9,15H,6-8H2,1H3,(H,16,17). The lowest BCUT2D eigenvalue weighted by Crippen LogP contribution is -2.20. The lowest BCUT2D eigenvalue weighted by atomic mass is 10.3. The predicted octanol–water partition coefficient (Wildman–Crippen LogP) is 2.65. The fourth-order valence-corrected chi connectivity index (χ4v) is 1.81. The van der Waals surface area contributed by atoms with Gasteiger partial charge in [0.2, 0.25) is 0 Å². The molecule has 2 rings (SSSR count). The molecule has 0 saturated carbocycles. The second kappa shape index (κ2) is 6.56. The number of nitrogens with one attached hydrogen (secondary N) is 2. The van der Waals surface area contributed by atoms with Crippen molar-refractivity contribution in [1.29, 1.82) is 0 Å². The number of ether oxygens (including phenoxy) is 1. The number of aromatic nitrogens is 2. The zero-order valence-corrected chi connectivity index (χ0v) is 11.8. The molecule has 0 bridgehead atoms. The van der Waals surface area contributed by atoms with Crippen molar-refractivity contribution in [3.63, 3.8) is 0 Å². The molecule has 0 amide bonds. The van der Waals surface area contributed by atoms with Crippen LogP contribution >= 0.6 is 15.9 Å². The Hall–Kier alpha value is -1.33. The molecule has 96 valence electrons. The fraction of sp³-hybridized carbons (Fsp3) is 0.308. The number of halogens is 1. The summed E-state index contributed by atoms with van der Waals surface area (Å²) in [6.07, 6.45) is 1.85. The van der Waals surface area contributed by atoms with Gasteiger partial charge in [-0.15, -0.1) is 0 Å². The monoisotopic (exact) mass is 309 g/mol. The molecule has 4 nitrogen and oxygen atoms in total. The minimum atomic E-state index is 0.651. The van der Waals surface area contributed by atoms with Gasteiger partial charge in [-0.3, -0.25) is 5.10 Å². The molecule has 0 fully saturated rings. The zero-order valence-electron chi connectivity index (χ0n) is 10.2. The van der Waals surface area contributed by atoms with Crippen molar-refractivity contribution in [1.82, 2.24) is 15.5 Å². The van der Waals surface area contributed by atoms with Gasteiger partial charge in [-0.05, 0) is 31.2 Å². The van der Waals surface area contributed by atoms with E-state index in [1.54, 1.807) is 0 Å². The fourth-order valence-electron chi connectivity index (χ4n) is 1.55. The SMILES string of the molecule is Cc1[nH]ncc1CNCCOc1ccc(Br)cc1. The predicted molar refractivity (Wildman–Crippen MR) is 74.7 cm³/mol. The Morgan fingerprint density at radius 1 is 1.33 bits per heavy atom. The minimum Gasteiger partial charge on any atom is -0.492 e. The summed E-state index contributed by atoms with van der Waals surface area (Å²) < 4.78 is 6.66. The van der Waals surface area contributed by atoms with Gasteiger partial charge in [-0.1, -0.05) is 15.9 Å². The first kappa shape index (κ1) is 13.1. The maximum Gasteiger partial charge on any atom is 0.119 e. The number of nitrogens with zero attached hydrogens (tertiary/aromatic N) is 1. The van der Waals surface area contributed by atoms with E-state index in [9.17, 15) is 0 Å². The van der Waals surface area contributed by atoms with Gasteiger partial charge < -0.3 is 10.1 Å². The van der Waals surface area contributed by atoms with Gasteiger partial charge in [0.05, 0.1) is 6.20 Å². The summed E-state index contributed by atoms with van der Waals surface area (Å²) in [5.74, 6) is 0.888. The lowest BCUT2D eigenvalue weighted by molar-refractivity contribution is 0.313. The minimum absolute atomic E-state index is 0.651.